The molecule has 6 heteroatoms. The largest absolute Gasteiger partial charge is 0.481 e. The number of benzene rings is 2. The van der Waals surface area contributed by atoms with E-state index < -0.39 is 5.82 Å². The number of para-hydroxylation sites is 1. The molecule has 0 bridgehead atoms. The van der Waals surface area contributed by atoms with Crippen molar-refractivity contribution >= 4 is 16.8 Å². The Balaban J connectivity index is 1.37. The van der Waals surface area contributed by atoms with Crippen LogP contribution in [-0.4, -0.2) is 30.6 Å². The highest BCUT2D eigenvalue weighted by molar-refractivity contribution is 5.79. The fourth-order valence-electron chi connectivity index (χ4n) is 2.27. The molecule has 0 aliphatic carbocycles. The van der Waals surface area contributed by atoms with Gasteiger partial charge in [0.2, 0.25) is 0 Å². The van der Waals surface area contributed by atoms with Crippen LogP contribution in [0.25, 0.3) is 10.9 Å². The van der Waals surface area contributed by atoms with E-state index in [0.29, 0.717) is 5.75 Å². The van der Waals surface area contributed by atoms with Gasteiger partial charge in [0.15, 0.2) is 18.2 Å². The van der Waals surface area contributed by atoms with Crippen LogP contribution in [0.4, 0.5) is 4.39 Å². The van der Waals surface area contributed by atoms with Gasteiger partial charge in [0, 0.05) is 17.6 Å². The lowest BCUT2D eigenvalue weighted by atomic mass is 10.2. The molecule has 1 amide bonds. The van der Waals surface area contributed by atoms with Gasteiger partial charge in [-0.2, -0.15) is 0 Å². The first kappa shape index (κ1) is 18.2. The van der Waals surface area contributed by atoms with Gasteiger partial charge in [-0.15, -0.1) is 0 Å². The predicted octanol–water partition coefficient (Wildman–Crippen LogP) is 2.95. The van der Waals surface area contributed by atoms with Crippen LogP contribution < -0.4 is 14.8 Å². The number of pyridine rings is 1. The van der Waals surface area contributed by atoms with Crippen LogP contribution in [-0.2, 0) is 4.79 Å². The number of amides is 1. The van der Waals surface area contributed by atoms with Crippen molar-refractivity contribution in [3.63, 3.8) is 0 Å². The number of hydrogen-bond donors (Lipinski definition) is 1. The summed E-state index contributed by atoms with van der Waals surface area (Å²) in [5.74, 6) is 5.42. The smallest absolute Gasteiger partial charge is 0.258 e. The fourth-order valence-corrected chi connectivity index (χ4v) is 2.27. The van der Waals surface area contributed by atoms with Crippen molar-refractivity contribution in [1.82, 2.24) is 10.3 Å². The molecule has 0 radical (unpaired) electrons. The van der Waals surface area contributed by atoms with Gasteiger partial charge in [-0.25, -0.2) is 4.39 Å². The molecule has 0 saturated carbocycles. The van der Waals surface area contributed by atoms with Crippen LogP contribution >= 0.6 is 0 Å². The van der Waals surface area contributed by atoms with Gasteiger partial charge in [-0.05, 0) is 30.3 Å². The van der Waals surface area contributed by atoms with E-state index >= 15 is 0 Å². The number of nitrogens with one attached hydrogen (secondary N) is 1. The highest BCUT2D eigenvalue weighted by atomic mass is 19.1. The second kappa shape index (κ2) is 9.20. The summed E-state index contributed by atoms with van der Waals surface area (Å²) in [5, 5.41) is 3.61. The van der Waals surface area contributed by atoms with Crippen molar-refractivity contribution in [2.24, 2.45) is 0 Å². The standard InChI is InChI=1S/C21H17FN2O3/c22-18-7-1-2-8-20(18)27-15-21(25)24-11-3-4-13-26-17-10-9-16-6-5-12-23-19(16)14-17/h1-2,5-10,12,14H,11,13,15H2,(H,24,25). The molecular formula is C21H17FN2O3. The Labute approximate surface area is 156 Å². The van der Waals surface area contributed by atoms with E-state index in [2.05, 4.69) is 22.1 Å². The number of fused-ring (bicyclic) bond motifs is 1. The van der Waals surface area contributed by atoms with Gasteiger partial charge < -0.3 is 14.8 Å². The lowest BCUT2D eigenvalue weighted by Gasteiger charge is -2.06. The van der Waals surface area contributed by atoms with Crippen molar-refractivity contribution < 1.29 is 18.7 Å². The summed E-state index contributed by atoms with van der Waals surface area (Å²) in [4.78, 5) is 15.9. The van der Waals surface area contributed by atoms with Gasteiger partial charge in [0.25, 0.3) is 5.91 Å². The lowest BCUT2D eigenvalue weighted by Crippen LogP contribution is -2.29. The van der Waals surface area contributed by atoms with Crippen LogP contribution in [0.15, 0.2) is 60.8 Å². The van der Waals surface area contributed by atoms with Gasteiger partial charge >= 0.3 is 0 Å². The highest BCUT2D eigenvalue weighted by Crippen LogP contribution is 2.18. The summed E-state index contributed by atoms with van der Waals surface area (Å²) in [6, 6.07) is 15.4. The molecule has 5 nitrogen and oxygen atoms in total. The summed E-state index contributed by atoms with van der Waals surface area (Å²) in [5.41, 5.74) is 0.852. The normalized spacial score (nSPS) is 9.96. The Bertz CT molecular complexity index is 995. The monoisotopic (exact) mass is 364 g/mol. The van der Waals surface area contributed by atoms with E-state index in [-0.39, 0.29) is 31.4 Å². The molecule has 27 heavy (non-hydrogen) atoms. The molecule has 3 rings (SSSR count). The first-order valence-electron chi connectivity index (χ1n) is 8.30. The predicted molar refractivity (Wildman–Crippen MR) is 99.9 cm³/mol. The van der Waals surface area contributed by atoms with E-state index in [4.69, 9.17) is 9.47 Å². The summed E-state index contributed by atoms with van der Waals surface area (Å²) < 4.78 is 24.0. The maximum Gasteiger partial charge on any atom is 0.258 e. The highest BCUT2D eigenvalue weighted by Gasteiger charge is 2.05. The van der Waals surface area contributed by atoms with Crippen LogP contribution in [0, 0.1) is 17.7 Å². The van der Waals surface area contributed by atoms with E-state index in [0.717, 1.165) is 10.9 Å². The number of hydrogen-bond acceptors (Lipinski definition) is 4. The molecule has 3 aromatic rings. The average Bonchev–Trinajstić information content (AvgIpc) is 2.70. The minimum atomic E-state index is -0.508. The molecule has 1 N–H and O–H groups in total. The van der Waals surface area contributed by atoms with Gasteiger partial charge in [0.1, 0.15) is 12.4 Å². The average molecular weight is 364 g/mol. The molecule has 0 aliphatic heterocycles. The number of ether oxygens (including phenoxy) is 2. The third-order valence-electron chi connectivity index (χ3n) is 3.58. The Morgan fingerprint density at radius 1 is 1.07 bits per heavy atom. The van der Waals surface area contributed by atoms with Crippen LogP contribution in [0.1, 0.15) is 0 Å². The summed E-state index contributed by atoms with van der Waals surface area (Å²) in [6.07, 6.45) is 1.73. The zero-order valence-electron chi connectivity index (χ0n) is 14.4. The molecule has 1 aromatic heterocycles. The zero-order chi connectivity index (χ0) is 18.9. The van der Waals surface area contributed by atoms with Crippen molar-refractivity contribution in [1.29, 1.82) is 0 Å². The van der Waals surface area contributed by atoms with Crippen LogP contribution in [0.3, 0.4) is 0 Å². The number of aromatic nitrogens is 1. The third-order valence-corrected chi connectivity index (χ3v) is 3.58. The topological polar surface area (TPSA) is 60.5 Å². The van der Waals surface area contributed by atoms with Gasteiger partial charge in [0.05, 0.1) is 12.1 Å². The molecule has 0 spiro atoms. The fraction of sp³-hybridized carbons (Fsp3) is 0.143. The minimum Gasteiger partial charge on any atom is -0.481 e. The van der Waals surface area contributed by atoms with E-state index in [1.807, 2.05) is 30.3 Å². The van der Waals surface area contributed by atoms with E-state index in [1.165, 1.54) is 12.1 Å². The van der Waals surface area contributed by atoms with E-state index in [9.17, 15) is 9.18 Å². The van der Waals surface area contributed by atoms with Gasteiger partial charge in [-0.3, -0.25) is 9.78 Å². The lowest BCUT2D eigenvalue weighted by molar-refractivity contribution is -0.122. The Hall–Kier alpha value is -3.59. The zero-order valence-corrected chi connectivity index (χ0v) is 14.4. The SMILES string of the molecule is O=C(COc1ccccc1F)NCC#CCOc1ccc2cccnc2c1. The number of halogens is 1. The first-order valence-corrected chi connectivity index (χ1v) is 8.30. The van der Waals surface area contributed by atoms with Crippen LogP contribution in [0.2, 0.25) is 0 Å². The van der Waals surface area contributed by atoms with Crippen molar-refractivity contribution in [2.75, 3.05) is 19.8 Å². The molecule has 0 unspecified atom stereocenters. The van der Waals surface area contributed by atoms with Crippen LogP contribution in [0.5, 0.6) is 11.5 Å². The Morgan fingerprint density at radius 2 is 1.96 bits per heavy atom. The number of carbonyl (C=O) groups is 1. The molecule has 2 aromatic carbocycles. The molecule has 0 aliphatic rings. The Kier molecular flexibility index (Phi) is 6.21. The maximum atomic E-state index is 13.4. The summed E-state index contributed by atoms with van der Waals surface area (Å²) in [7, 11) is 0. The molecule has 0 atom stereocenters. The summed E-state index contributed by atoms with van der Waals surface area (Å²) in [6.45, 7) is 0.0746. The molecule has 0 saturated heterocycles. The summed E-state index contributed by atoms with van der Waals surface area (Å²) >= 11 is 0. The second-order valence-electron chi connectivity index (χ2n) is 5.50. The van der Waals surface area contributed by atoms with Crippen molar-refractivity contribution in [3.05, 3.63) is 66.6 Å². The molecular weight excluding hydrogens is 347 g/mol. The van der Waals surface area contributed by atoms with E-state index in [1.54, 1.807) is 18.3 Å². The third kappa shape index (κ3) is 5.44. The maximum absolute atomic E-state index is 13.4. The second-order valence-corrected chi connectivity index (χ2v) is 5.50. The number of rotatable bonds is 6. The number of carbonyl (C=O) groups excluding carboxylic acids is 1. The molecule has 0 fully saturated rings. The Morgan fingerprint density at radius 3 is 2.85 bits per heavy atom. The molecule has 1 heterocycles. The van der Waals surface area contributed by atoms with Crippen molar-refractivity contribution in [3.8, 4) is 23.3 Å². The number of nitrogens with zero attached hydrogens (tertiary/aromatic N) is 1. The van der Waals surface area contributed by atoms with Crippen molar-refractivity contribution in [2.45, 2.75) is 0 Å². The molecule has 136 valence electrons. The first-order chi connectivity index (χ1) is 13.2. The quantitative estimate of drug-likeness (QED) is 0.683. The van der Waals surface area contributed by atoms with Gasteiger partial charge in [-0.1, -0.05) is 30.0 Å². The minimum absolute atomic E-state index is 0.0389.